The van der Waals surface area contributed by atoms with E-state index in [2.05, 4.69) is 50.6 Å². The maximum Gasteiger partial charge on any atom is 0.0436 e. The molecule has 0 atom stereocenters. The summed E-state index contributed by atoms with van der Waals surface area (Å²) >= 11 is 0. The second kappa shape index (κ2) is 3.01. The van der Waals surface area contributed by atoms with Gasteiger partial charge < -0.3 is 4.57 Å². The Morgan fingerprint density at radius 3 is 2.36 bits per heavy atom. The van der Waals surface area contributed by atoms with Gasteiger partial charge in [-0.1, -0.05) is 32.9 Å². The lowest BCUT2D eigenvalue weighted by atomic mass is 9.92. The summed E-state index contributed by atoms with van der Waals surface area (Å²) in [5, 5.41) is 2.82. The SMILES string of the molecule is Cn1c(C(C)(C)C)cc2c1=CCCC=2. The van der Waals surface area contributed by atoms with Crippen molar-refractivity contribution < 1.29 is 0 Å². The Bertz CT molecular complexity index is 455. The molecule has 0 saturated carbocycles. The van der Waals surface area contributed by atoms with Crippen molar-refractivity contribution in [1.82, 2.24) is 4.57 Å². The molecule has 1 heteroatoms. The van der Waals surface area contributed by atoms with Crippen molar-refractivity contribution in [3.05, 3.63) is 22.3 Å². The summed E-state index contributed by atoms with van der Waals surface area (Å²) in [6.07, 6.45) is 7.09. The van der Waals surface area contributed by atoms with Crippen LogP contribution in [0.15, 0.2) is 6.07 Å². The Morgan fingerprint density at radius 1 is 1.14 bits per heavy atom. The van der Waals surface area contributed by atoms with Crippen LogP contribution in [0.25, 0.3) is 12.2 Å². The fourth-order valence-corrected chi connectivity index (χ4v) is 2.24. The Balaban J connectivity index is 2.74. The Morgan fingerprint density at radius 2 is 1.79 bits per heavy atom. The van der Waals surface area contributed by atoms with Crippen molar-refractivity contribution in [3.63, 3.8) is 0 Å². The Hall–Kier alpha value is -0.980. The van der Waals surface area contributed by atoms with Crippen molar-refractivity contribution in [3.8, 4) is 0 Å². The summed E-state index contributed by atoms with van der Waals surface area (Å²) in [6.45, 7) is 6.81. The van der Waals surface area contributed by atoms with Crippen molar-refractivity contribution in [2.45, 2.75) is 39.0 Å². The Kier molecular flexibility index (Phi) is 2.06. The fourth-order valence-electron chi connectivity index (χ4n) is 2.24. The molecule has 1 aromatic rings. The third-order valence-electron chi connectivity index (χ3n) is 2.95. The van der Waals surface area contributed by atoms with Crippen LogP contribution in [-0.2, 0) is 12.5 Å². The monoisotopic (exact) mass is 189 g/mol. The summed E-state index contributed by atoms with van der Waals surface area (Å²) in [6, 6.07) is 2.34. The lowest BCUT2D eigenvalue weighted by Crippen LogP contribution is -2.30. The lowest BCUT2D eigenvalue weighted by Gasteiger charge is -2.19. The van der Waals surface area contributed by atoms with E-state index in [1.807, 2.05) is 0 Å². The zero-order valence-corrected chi connectivity index (χ0v) is 9.59. The number of hydrogen-bond donors (Lipinski definition) is 0. The molecule has 0 aromatic carbocycles. The molecule has 0 saturated heterocycles. The molecule has 0 unspecified atom stereocenters. The summed E-state index contributed by atoms with van der Waals surface area (Å²) in [5.41, 5.74) is 1.67. The van der Waals surface area contributed by atoms with Gasteiger partial charge in [0.1, 0.15) is 0 Å². The summed E-state index contributed by atoms with van der Waals surface area (Å²) < 4.78 is 2.34. The van der Waals surface area contributed by atoms with Gasteiger partial charge in [0.05, 0.1) is 0 Å². The van der Waals surface area contributed by atoms with E-state index in [0.717, 1.165) is 0 Å². The van der Waals surface area contributed by atoms with Crippen LogP contribution in [0.4, 0.5) is 0 Å². The van der Waals surface area contributed by atoms with Crippen LogP contribution in [0.2, 0.25) is 0 Å². The van der Waals surface area contributed by atoms with E-state index in [1.165, 1.54) is 29.1 Å². The largest absolute Gasteiger partial charge is 0.347 e. The smallest absolute Gasteiger partial charge is 0.0436 e. The number of hydrogen-bond acceptors (Lipinski definition) is 0. The van der Waals surface area contributed by atoms with E-state index >= 15 is 0 Å². The minimum Gasteiger partial charge on any atom is -0.347 e. The van der Waals surface area contributed by atoms with Crippen LogP contribution in [0.1, 0.15) is 39.3 Å². The molecule has 0 bridgehead atoms. The molecule has 0 amide bonds. The molecular formula is C13H19N. The minimum absolute atomic E-state index is 0.244. The molecule has 14 heavy (non-hydrogen) atoms. The van der Waals surface area contributed by atoms with E-state index in [0.29, 0.717) is 0 Å². The third-order valence-corrected chi connectivity index (χ3v) is 2.95. The van der Waals surface area contributed by atoms with Crippen LogP contribution in [0, 0.1) is 0 Å². The maximum atomic E-state index is 2.35. The average Bonchev–Trinajstić information content (AvgIpc) is 2.44. The van der Waals surface area contributed by atoms with Gasteiger partial charge >= 0.3 is 0 Å². The van der Waals surface area contributed by atoms with Crippen LogP contribution in [-0.4, -0.2) is 4.57 Å². The fraction of sp³-hybridized carbons (Fsp3) is 0.538. The number of fused-ring (bicyclic) bond motifs is 1. The highest BCUT2D eigenvalue weighted by molar-refractivity contribution is 5.39. The van der Waals surface area contributed by atoms with Crippen LogP contribution >= 0.6 is 0 Å². The third kappa shape index (κ3) is 1.41. The van der Waals surface area contributed by atoms with Gasteiger partial charge in [0.25, 0.3) is 0 Å². The van der Waals surface area contributed by atoms with Crippen molar-refractivity contribution >= 4 is 12.2 Å². The van der Waals surface area contributed by atoms with Gasteiger partial charge in [0.15, 0.2) is 0 Å². The lowest BCUT2D eigenvalue weighted by molar-refractivity contribution is 0.539. The van der Waals surface area contributed by atoms with Crippen molar-refractivity contribution in [1.29, 1.82) is 0 Å². The van der Waals surface area contributed by atoms with Gasteiger partial charge in [-0.2, -0.15) is 0 Å². The highest BCUT2D eigenvalue weighted by atomic mass is 14.9. The molecule has 76 valence electrons. The first kappa shape index (κ1) is 9.57. The molecule has 0 N–H and O–H groups in total. The molecule has 2 rings (SSSR count). The molecule has 0 spiro atoms. The minimum atomic E-state index is 0.244. The predicted octanol–water partition coefficient (Wildman–Crippen LogP) is 1.68. The quantitative estimate of drug-likeness (QED) is 0.585. The topological polar surface area (TPSA) is 4.93 Å². The molecule has 1 nitrogen and oxygen atoms in total. The van der Waals surface area contributed by atoms with E-state index in [9.17, 15) is 0 Å². The van der Waals surface area contributed by atoms with E-state index in [4.69, 9.17) is 0 Å². The predicted molar refractivity (Wildman–Crippen MR) is 61.5 cm³/mol. The zero-order chi connectivity index (χ0) is 10.3. The van der Waals surface area contributed by atoms with Gasteiger partial charge in [-0.15, -0.1) is 0 Å². The van der Waals surface area contributed by atoms with Gasteiger partial charge in [0, 0.05) is 23.5 Å². The first-order valence-corrected chi connectivity index (χ1v) is 5.37. The van der Waals surface area contributed by atoms with Crippen molar-refractivity contribution in [2.24, 2.45) is 7.05 Å². The van der Waals surface area contributed by atoms with Crippen LogP contribution in [0.3, 0.4) is 0 Å². The second-order valence-electron chi connectivity index (χ2n) is 5.16. The highest BCUT2D eigenvalue weighted by Crippen LogP contribution is 2.19. The second-order valence-corrected chi connectivity index (χ2v) is 5.16. The molecule has 1 aliphatic rings. The summed E-state index contributed by atoms with van der Waals surface area (Å²) in [5.74, 6) is 0. The van der Waals surface area contributed by atoms with E-state index in [-0.39, 0.29) is 5.41 Å². The normalized spacial score (nSPS) is 15.7. The van der Waals surface area contributed by atoms with Crippen molar-refractivity contribution in [2.75, 3.05) is 0 Å². The maximum absolute atomic E-state index is 2.35. The van der Waals surface area contributed by atoms with Crippen LogP contribution < -0.4 is 10.6 Å². The van der Waals surface area contributed by atoms with Gasteiger partial charge in [0.2, 0.25) is 0 Å². The van der Waals surface area contributed by atoms with E-state index in [1.54, 1.807) is 0 Å². The van der Waals surface area contributed by atoms with Gasteiger partial charge in [-0.25, -0.2) is 0 Å². The summed E-state index contributed by atoms with van der Waals surface area (Å²) in [7, 11) is 2.18. The molecule has 0 radical (unpaired) electrons. The molecule has 1 aromatic heterocycles. The van der Waals surface area contributed by atoms with E-state index < -0.39 is 0 Å². The van der Waals surface area contributed by atoms with Crippen LogP contribution in [0.5, 0.6) is 0 Å². The van der Waals surface area contributed by atoms with Gasteiger partial charge in [-0.05, 0) is 24.1 Å². The molecule has 1 heterocycles. The number of rotatable bonds is 0. The highest BCUT2D eigenvalue weighted by Gasteiger charge is 2.18. The molecular weight excluding hydrogens is 170 g/mol. The standard InChI is InChI=1S/C13H19N/c1-13(2,3)12-9-10-7-5-6-8-11(10)14(12)4/h7-9H,5-6H2,1-4H3. The number of nitrogens with zero attached hydrogens (tertiary/aromatic N) is 1. The van der Waals surface area contributed by atoms with Gasteiger partial charge in [-0.3, -0.25) is 0 Å². The Labute approximate surface area is 85.7 Å². The molecule has 0 aliphatic heterocycles. The summed E-state index contributed by atoms with van der Waals surface area (Å²) in [4.78, 5) is 0. The molecule has 0 fully saturated rings. The first-order valence-electron chi connectivity index (χ1n) is 5.37. The number of aromatic nitrogens is 1. The molecule has 1 aliphatic carbocycles. The zero-order valence-electron chi connectivity index (χ0n) is 9.59. The first-order chi connectivity index (χ1) is 6.50. The average molecular weight is 189 g/mol.